The molecule has 52 heavy (non-hydrogen) atoms. The average molecular weight is 667 g/mol. The largest absolute Gasteiger partial charge is 0.455 e. The van der Waals surface area contributed by atoms with Gasteiger partial charge < -0.3 is 4.42 Å². The minimum Gasteiger partial charge on any atom is -0.455 e. The molecule has 3 nitrogen and oxygen atoms in total. The van der Waals surface area contributed by atoms with E-state index >= 15 is 0 Å². The van der Waals surface area contributed by atoms with E-state index in [1.807, 2.05) is 30.3 Å². The molecule has 1 aliphatic carbocycles. The number of hydrogen-bond acceptors (Lipinski definition) is 3. The molecular weight excluding hydrogens is 633 g/mol. The fraction of sp³-hybridized carbons (Fsp3) is 0.0612. The molecule has 9 aromatic rings. The number of furan rings is 1. The van der Waals surface area contributed by atoms with Crippen LogP contribution >= 0.6 is 0 Å². The Hall–Kier alpha value is -6.58. The summed E-state index contributed by atoms with van der Waals surface area (Å²) in [4.78, 5) is 10.6. The smallest absolute Gasteiger partial charge is 0.160 e. The highest BCUT2D eigenvalue weighted by Crippen LogP contribution is 2.52. The zero-order chi connectivity index (χ0) is 34.8. The summed E-state index contributed by atoms with van der Waals surface area (Å²) in [6.07, 6.45) is 0. The van der Waals surface area contributed by atoms with E-state index in [0.717, 1.165) is 72.3 Å². The monoisotopic (exact) mass is 666 g/mol. The van der Waals surface area contributed by atoms with Crippen molar-refractivity contribution in [3.63, 3.8) is 0 Å². The zero-order valence-electron chi connectivity index (χ0n) is 29.0. The van der Waals surface area contributed by atoms with Crippen molar-refractivity contribution in [2.75, 3.05) is 0 Å². The van der Waals surface area contributed by atoms with E-state index in [2.05, 4.69) is 153 Å². The summed E-state index contributed by atoms with van der Waals surface area (Å²) < 4.78 is 6.55. The Kier molecular flexibility index (Phi) is 6.84. The van der Waals surface area contributed by atoms with Crippen molar-refractivity contribution in [3.05, 3.63) is 181 Å². The van der Waals surface area contributed by atoms with Crippen LogP contribution in [0.5, 0.6) is 0 Å². The predicted molar refractivity (Wildman–Crippen MR) is 214 cm³/mol. The van der Waals surface area contributed by atoms with Gasteiger partial charge in [0.2, 0.25) is 0 Å². The number of para-hydroxylation sites is 2. The van der Waals surface area contributed by atoms with E-state index in [0.29, 0.717) is 5.82 Å². The Morgan fingerprint density at radius 2 is 1.02 bits per heavy atom. The maximum absolute atomic E-state index is 6.55. The van der Waals surface area contributed by atoms with Gasteiger partial charge in [0.1, 0.15) is 11.2 Å². The second-order valence-electron chi connectivity index (χ2n) is 14.2. The molecule has 7 aromatic carbocycles. The Labute approximate surface area is 302 Å². The lowest BCUT2D eigenvalue weighted by Crippen LogP contribution is -2.16. The van der Waals surface area contributed by atoms with Crippen molar-refractivity contribution in [1.29, 1.82) is 0 Å². The van der Waals surface area contributed by atoms with Crippen LogP contribution in [0, 0.1) is 0 Å². The Bertz CT molecular complexity index is 2810. The molecule has 2 heterocycles. The highest BCUT2D eigenvalue weighted by Gasteiger charge is 2.37. The molecule has 246 valence electrons. The van der Waals surface area contributed by atoms with Crippen LogP contribution in [0.1, 0.15) is 25.0 Å². The summed E-state index contributed by atoms with van der Waals surface area (Å²) in [5, 5.41) is 2.23. The standard InChI is InChI=1S/C49H34N2O/c1-49(2)42-25-11-9-19-37(42)39-22-14-24-41(46(39)49)44-30-43(50-48(51-44)32-17-7-4-8-18-32)35-28-33(31-15-5-3-6-16-31)27-34(29-35)36-21-13-23-40-38-20-10-12-26-45(38)52-47(36)40/h3-30H,1-2H3. The van der Waals surface area contributed by atoms with Crippen LogP contribution in [0.15, 0.2) is 174 Å². The van der Waals surface area contributed by atoms with Gasteiger partial charge in [0, 0.05) is 38.4 Å². The van der Waals surface area contributed by atoms with E-state index in [9.17, 15) is 0 Å². The third-order valence-electron chi connectivity index (χ3n) is 10.7. The molecule has 1 aliphatic rings. The summed E-state index contributed by atoms with van der Waals surface area (Å²) in [5.74, 6) is 0.699. The van der Waals surface area contributed by atoms with Gasteiger partial charge in [0.25, 0.3) is 0 Å². The van der Waals surface area contributed by atoms with Gasteiger partial charge in [-0.15, -0.1) is 0 Å². The van der Waals surface area contributed by atoms with Crippen LogP contribution in [0.4, 0.5) is 0 Å². The second-order valence-corrected chi connectivity index (χ2v) is 14.2. The summed E-state index contributed by atoms with van der Waals surface area (Å²) in [6, 6.07) is 60.0. The van der Waals surface area contributed by atoms with Crippen molar-refractivity contribution in [2.45, 2.75) is 19.3 Å². The van der Waals surface area contributed by atoms with E-state index in [4.69, 9.17) is 14.4 Å². The molecule has 0 fully saturated rings. The van der Waals surface area contributed by atoms with Gasteiger partial charge in [0.15, 0.2) is 5.82 Å². The molecule has 0 spiro atoms. The van der Waals surface area contributed by atoms with Gasteiger partial charge in [0.05, 0.1) is 11.4 Å². The van der Waals surface area contributed by atoms with E-state index in [-0.39, 0.29) is 5.41 Å². The van der Waals surface area contributed by atoms with E-state index in [1.165, 1.54) is 22.3 Å². The quantitative estimate of drug-likeness (QED) is 0.183. The Balaban J connectivity index is 1.23. The number of nitrogens with zero attached hydrogens (tertiary/aromatic N) is 2. The average Bonchev–Trinajstić information content (AvgIpc) is 3.70. The van der Waals surface area contributed by atoms with Crippen LogP contribution in [-0.2, 0) is 5.41 Å². The molecule has 3 heteroatoms. The SMILES string of the molecule is CC1(C)c2ccccc2-c2cccc(-c3cc(-c4cc(-c5ccccc5)cc(-c5cccc6c5oc5ccccc56)c4)nc(-c4ccccc4)n3)c21. The summed E-state index contributed by atoms with van der Waals surface area (Å²) in [5.41, 5.74) is 16.1. The maximum Gasteiger partial charge on any atom is 0.160 e. The summed E-state index contributed by atoms with van der Waals surface area (Å²) >= 11 is 0. The molecular formula is C49H34N2O. The van der Waals surface area contributed by atoms with Crippen LogP contribution in [0.25, 0.3) is 89.2 Å². The van der Waals surface area contributed by atoms with Gasteiger partial charge in [-0.2, -0.15) is 0 Å². The third kappa shape index (κ3) is 4.81. The first-order valence-electron chi connectivity index (χ1n) is 17.8. The number of hydrogen-bond donors (Lipinski definition) is 0. The van der Waals surface area contributed by atoms with Crippen LogP contribution in [0.3, 0.4) is 0 Å². The summed E-state index contributed by atoms with van der Waals surface area (Å²) in [7, 11) is 0. The maximum atomic E-state index is 6.55. The third-order valence-corrected chi connectivity index (χ3v) is 10.7. The fourth-order valence-electron chi connectivity index (χ4n) is 8.21. The molecule has 0 N–H and O–H groups in total. The van der Waals surface area contributed by atoms with Crippen molar-refractivity contribution < 1.29 is 4.42 Å². The highest BCUT2D eigenvalue weighted by atomic mass is 16.3. The number of fused-ring (bicyclic) bond motifs is 6. The molecule has 0 radical (unpaired) electrons. The van der Waals surface area contributed by atoms with Crippen LogP contribution in [-0.4, -0.2) is 9.97 Å². The topological polar surface area (TPSA) is 38.9 Å². The minimum absolute atomic E-state index is 0.188. The van der Waals surface area contributed by atoms with Gasteiger partial charge in [-0.1, -0.05) is 153 Å². The lowest BCUT2D eigenvalue weighted by Gasteiger charge is -2.24. The van der Waals surface area contributed by atoms with Crippen molar-refractivity contribution >= 4 is 21.9 Å². The molecule has 0 saturated carbocycles. The normalized spacial score (nSPS) is 13.0. The lowest BCUT2D eigenvalue weighted by molar-refractivity contribution is 0.662. The van der Waals surface area contributed by atoms with Crippen molar-refractivity contribution in [2.24, 2.45) is 0 Å². The first-order valence-corrected chi connectivity index (χ1v) is 17.8. The van der Waals surface area contributed by atoms with Crippen molar-refractivity contribution in [3.8, 4) is 67.3 Å². The number of rotatable bonds is 5. The molecule has 0 amide bonds. The first-order chi connectivity index (χ1) is 25.5. The van der Waals surface area contributed by atoms with Crippen LogP contribution < -0.4 is 0 Å². The highest BCUT2D eigenvalue weighted by molar-refractivity contribution is 6.09. The molecule has 0 aliphatic heterocycles. The van der Waals surface area contributed by atoms with Gasteiger partial charge in [-0.05, 0) is 69.3 Å². The van der Waals surface area contributed by atoms with Crippen LogP contribution in [0.2, 0.25) is 0 Å². The predicted octanol–water partition coefficient (Wildman–Crippen LogP) is 13.0. The number of aromatic nitrogens is 2. The molecule has 10 rings (SSSR count). The molecule has 0 bridgehead atoms. The molecule has 2 aromatic heterocycles. The summed E-state index contributed by atoms with van der Waals surface area (Å²) in [6.45, 7) is 4.66. The fourth-order valence-corrected chi connectivity index (χ4v) is 8.21. The Morgan fingerprint density at radius 3 is 1.87 bits per heavy atom. The zero-order valence-corrected chi connectivity index (χ0v) is 29.0. The van der Waals surface area contributed by atoms with E-state index < -0.39 is 0 Å². The first kappa shape index (κ1) is 30.3. The Morgan fingerprint density at radius 1 is 0.423 bits per heavy atom. The van der Waals surface area contributed by atoms with Crippen molar-refractivity contribution in [1.82, 2.24) is 9.97 Å². The lowest BCUT2D eigenvalue weighted by atomic mass is 9.79. The molecule has 0 atom stereocenters. The van der Waals surface area contributed by atoms with E-state index in [1.54, 1.807) is 0 Å². The van der Waals surface area contributed by atoms with Gasteiger partial charge in [-0.25, -0.2) is 9.97 Å². The second kappa shape index (κ2) is 11.8. The minimum atomic E-state index is -0.188. The number of benzene rings is 7. The molecule has 0 saturated heterocycles. The van der Waals surface area contributed by atoms with Gasteiger partial charge >= 0.3 is 0 Å². The molecule has 0 unspecified atom stereocenters. The van der Waals surface area contributed by atoms with Gasteiger partial charge in [-0.3, -0.25) is 0 Å².